The Morgan fingerprint density at radius 3 is 1.95 bits per heavy atom. The van der Waals surface area contributed by atoms with Crippen LogP contribution in [0.2, 0.25) is 0 Å². The van der Waals surface area contributed by atoms with E-state index >= 15 is 0 Å². The Morgan fingerprint density at radius 2 is 1.45 bits per heavy atom. The van der Waals surface area contributed by atoms with Gasteiger partial charge in [-0.1, -0.05) is 48.6 Å². The van der Waals surface area contributed by atoms with Crippen molar-refractivity contribution < 1.29 is 29.3 Å². The number of ether oxygens (including phenoxy) is 1. The Kier molecular flexibility index (Phi) is 14.8. The normalized spacial score (nSPS) is 16.3. The molecule has 1 unspecified atom stereocenters. The summed E-state index contributed by atoms with van der Waals surface area (Å²) in [4.78, 5) is 45.7. The molecule has 4 rings (SSSR count). The van der Waals surface area contributed by atoms with Crippen LogP contribution >= 0.6 is 0 Å². The van der Waals surface area contributed by atoms with Crippen LogP contribution in [0.1, 0.15) is 51.6 Å². The molecule has 2 aromatic carbocycles. The van der Waals surface area contributed by atoms with Crippen molar-refractivity contribution in [1.82, 2.24) is 9.80 Å². The van der Waals surface area contributed by atoms with Gasteiger partial charge in [-0.15, -0.1) is 0 Å². The molecule has 1 atom stereocenters. The number of hydrogen-bond acceptors (Lipinski definition) is 9. The van der Waals surface area contributed by atoms with E-state index in [-0.39, 0.29) is 45.7 Å². The first-order chi connectivity index (χ1) is 28.0. The number of benzene rings is 2. The lowest BCUT2D eigenvalue weighted by atomic mass is 9.93. The van der Waals surface area contributed by atoms with E-state index in [1.54, 1.807) is 24.0 Å². The summed E-state index contributed by atoms with van der Waals surface area (Å²) in [7, 11) is 0. The van der Waals surface area contributed by atoms with Gasteiger partial charge in [-0.05, 0) is 78.5 Å². The van der Waals surface area contributed by atoms with E-state index in [0.717, 1.165) is 16.8 Å². The number of carboxylic acid groups (broad SMARTS) is 2. The summed E-state index contributed by atoms with van der Waals surface area (Å²) in [5, 5.41) is 58.5. The molecule has 1 fully saturated rings. The molecule has 1 amide bonds. The molecule has 0 saturated carbocycles. The molecule has 286 valence electrons. The summed E-state index contributed by atoms with van der Waals surface area (Å²) >= 11 is 0. The number of rotatable bonds is 12. The lowest BCUT2D eigenvalue weighted by molar-refractivity contribution is 0.0686. The van der Waals surface area contributed by atoms with E-state index in [4.69, 9.17) is 17.9 Å². The van der Waals surface area contributed by atoms with Crippen molar-refractivity contribution in [3.05, 3.63) is 164 Å². The van der Waals surface area contributed by atoms with Crippen LogP contribution in [0.4, 0.5) is 4.79 Å². The van der Waals surface area contributed by atoms with Gasteiger partial charge in [0.05, 0.1) is 59.2 Å². The van der Waals surface area contributed by atoms with Crippen molar-refractivity contribution in [3.8, 4) is 24.3 Å². The fourth-order valence-corrected chi connectivity index (χ4v) is 6.40. The standard InChI is InChI=1S/C44H34N8O6/c1-4-58-44(57)52-23-21-51(22-24-52)41-31(7-5-9-35(25-45)39(37(27-47)49-2)29-11-17-33(18-12-29)42(53)54)15-16-32(41)8-6-10-36(26-46)40(38(28-48)50-3)30-13-19-34(20-14-30)43(55)56/h5-14,17-20,37H,4,15-16,21-24H2,1H3,(H,53,54)(H,55,56). The maximum atomic E-state index is 12.5. The highest BCUT2D eigenvalue weighted by Gasteiger charge is 2.29. The smallest absolute Gasteiger partial charge is 0.409 e. The Balaban J connectivity index is 1.79. The number of hydrogen-bond donors (Lipinski definition) is 2. The molecule has 14 nitrogen and oxygen atoms in total. The number of carboxylic acids is 2. The number of nitrogens with zero attached hydrogens (tertiary/aromatic N) is 8. The molecule has 0 bridgehead atoms. The van der Waals surface area contributed by atoms with Crippen molar-refractivity contribution in [2.24, 2.45) is 0 Å². The summed E-state index contributed by atoms with van der Waals surface area (Å²) < 4.78 is 5.19. The molecule has 2 aliphatic rings. The minimum Gasteiger partial charge on any atom is -0.478 e. The fourth-order valence-electron chi connectivity index (χ4n) is 6.40. The minimum atomic E-state index is -1.33. The van der Waals surface area contributed by atoms with Crippen LogP contribution in [-0.2, 0) is 4.74 Å². The highest BCUT2D eigenvalue weighted by atomic mass is 16.6. The molecule has 1 heterocycles. The van der Waals surface area contributed by atoms with Gasteiger partial charge in [0.2, 0.25) is 0 Å². The van der Waals surface area contributed by atoms with Crippen molar-refractivity contribution in [2.75, 3.05) is 32.8 Å². The van der Waals surface area contributed by atoms with E-state index in [2.05, 4.69) is 26.7 Å². The van der Waals surface area contributed by atoms with Gasteiger partial charge in [0.25, 0.3) is 5.70 Å². The first kappa shape index (κ1) is 42.3. The predicted molar refractivity (Wildman–Crippen MR) is 211 cm³/mol. The number of nitriles is 4. The number of piperazine rings is 1. The Morgan fingerprint density at radius 1 is 0.845 bits per heavy atom. The van der Waals surface area contributed by atoms with Gasteiger partial charge >= 0.3 is 24.1 Å². The monoisotopic (exact) mass is 770 g/mol. The molecular weight excluding hydrogens is 737 g/mol. The maximum Gasteiger partial charge on any atom is 0.409 e. The van der Waals surface area contributed by atoms with Crippen molar-refractivity contribution in [3.63, 3.8) is 0 Å². The van der Waals surface area contributed by atoms with Crippen LogP contribution in [0.5, 0.6) is 0 Å². The molecule has 0 spiro atoms. The van der Waals surface area contributed by atoms with Gasteiger partial charge in [-0.25, -0.2) is 31.1 Å². The fraction of sp³-hybridized carbons (Fsp3) is 0.205. The first-order valence-corrected chi connectivity index (χ1v) is 17.7. The number of allylic oxidation sites excluding steroid dienone is 12. The first-order valence-electron chi connectivity index (χ1n) is 17.7. The molecule has 14 heteroatoms. The third-order valence-electron chi connectivity index (χ3n) is 9.16. The Bertz CT molecular complexity index is 2420. The highest BCUT2D eigenvalue weighted by molar-refractivity contribution is 5.91. The van der Waals surface area contributed by atoms with Crippen molar-refractivity contribution >= 4 is 29.2 Å². The van der Waals surface area contributed by atoms with Gasteiger partial charge in [-0.2, -0.15) is 15.8 Å². The van der Waals surface area contributed by atoms with E-state index in [1.807, 2.05) is 24.3 Å². The second-order valence-corrected chi connectivity index (χ2v) is 12.5. The molecule has 0 aromatic heterocycles. The van der Waals surface area contributed by atoms with Crippen molar-refractivity contribution in [2.45, 2.75) is 25.8 Å². The molecule has 0 radical (unpaired) electrons. The zero-order chi connectivity index (χ0) is 42.2. The molecule has 2 aromatic rings. The summed E-state index contributed by atoms with van der Waals surface area (Å²) in [5.41, 5.74) is 3.20. The lowest BCUT2D eigenvalue weighted by Gasteiger charge is -2.37. The SMILES string of the molecule is [C-]#[N+]C(C#N)=C(C(C#N)=CC=CC1=C(N2CCN(C(=O)OCC)CC2)C(=CC=CC(C#N)=C(c2ccc(C(=O)O)cc2)C(C#N)[N+]#[C-])CC1)c1ccc(C(=O)O)cc1. The molecule has 2 N–H and O–H groups in total. The summed E-state index contributed by atoms with van der Waals surface area (Å²) in [6.45, 7) is 18.8. The number of aromatic carboxylic acids is 2. The highest BCUT2D eigenvalue weighted by Crippen LogP contribution is 2.36. The maximum absolute atomic E-state index is 12.5. The molecule has 1 aliphatic heterocycles. The number of carbonyl (C=O) groups is 3. The van der Waals surface area contributed by atoms with Gasteiger partial charge in [0.15, 0.2) is 6.07 Å². The summed E-state index contributed by atoms with van der Waals surface area (Å²) in [5.74, 6) is -2.30. The van der Waals surface area contributed by atoms with E-state index in [1.165, 1.54) is 60.7 Å². The van der Waals surface area contributed by atoms with Crippen LogP contribution in [-0.4, -0.2) is 76.9 Å². The van der Waals surface area contributed by atoms with Crippen LogP contribution in [0.15, 0.2) is 119 Å². The van der Waals surface area contributed by atoms with Gasteiger partial charge in [-0.3, -0.25) is 4.85 Å². The van der Waals surface area contributed by atoms with Gasteiger partial charge in [0.1, 0.15) is 0 Å². The van der Waals surface area contributed by atoms with Crippen LogP contribution in [0.25, 0.3) is 20.8 Å². The minimum absolute atomic E-state index is 0.00313. The zero-order valence-corrected chi connectivity index (χ0v) is 31.2. The summed E-state index contributed by atoms with van der Waals surface area (Å²) in [6, 6.07) is 17.6. The molecule has 1 saturated heterocycles. The second-order valence-electron chi connectivity index (χ2n) is 12.5. The van der Waals surface area contributed by atoms with Gasteiger partial charge < -0.3 is 24.7 Å². The third-order valence-corrected chi connectivity index (χ3v) is 9.16. The van der Waals surface area contributed by atoms with Crippen LogP contribution in [0, 0.1) is 58.5 Å². The Labute approximate surface area is 335 Å². The quantitative estimate of drug-likeness (QED) is 0.124. The average molecular weight is 771 g/mol. The second kappa shape index (κ2) is 20.3. The van der Waals surface area contributed by atoms with Crippen molar-refractivity contribution in [1.29, 1.82) is 21.0 Å². The number of carbonyl (C=O) groups excluding carboxylic acids is 1. The van der Waals surface area contributed by atoms with Gasteiger partial charge in [0, 0.05) is 37.4 Å². The number of amides is 1. The largest absolute Gasteiger partial charge is 0.478 e. The molecule has 58 heavy (non-hydrogen) atoms. The van der Waals surface area contributed by atoms with E-state index in [9.17, 15) is 45.6 Å². The van der Waals surface area contributed by atoms with E-state index in [0.29, 0.717) is 50.1 Å². The summed E-state index contributed by atoms with van der Waals surface area (Å²) in [6.07, 6.45) is 10.6. The Hall–Kier alpha value is -8.43. The lowest BCUT2D eigenvalue weighted by Crippen LogP contribution is -2.48. The van der Waals surface area contributed by atoms with Crippen LogP contribution in [0.3, 0.4) is 0 Å². The molecular formula is C44H34N8O6. The van der Waals surface area contributed by atoms with E-state index < -0.39 is 24.1 Å². The zero-order valence-electron chi connectivity index (χ0n) is 31.2. The average Bonchev–Trinajstić information content (AvgIpc) is 3.65. The van der Waals surface area contributed by atoms with Crippen LogP contribution < -0.4 is 0 Å². The predicted octanol–water partition coefficient (Wildman–Crippen LogP) is 7.34. The third kappa shape index (κ3) is 10.0. The topological polar surface area (TPSA) is 211 Å². The molecule has 1 aliphatic carbocycles.